The van der Waals surface area contributed by atoms with Crippen molar-refractivity contribution in [3.63, 3.8) is 0 Å². The summed E-state index contributed by atoms with van der Waals surface area (Å²) < 4.78 is 26.4. The van der Waals surface area contributed by atoms with Crippen molar-refractivity contribution in [3.05, 3.63) is 34.9 Å². The monoisotopic (exact) mass is 261 g/mol. The number of hydrogen-bond donors (Lipinski definition) is 1. The van der Waals surface area contributed by atoms with Crippen molar-refractivity contribution in [2.24, 2.45) is 0 Å². The second kappa shape index (κ2) is 5.96. The smallest absolute Gasteiger partial charge is 0.254 e. The fourth-order valence-electron chi connectivity index (χ4n) is 1.34. The molecule has 1 unspecified atom stereocenters. The standard InChI is InChI=1S/C12H14ClF2NO/c1-3-8(6-13)16-12(17)9-4-7(2)10(14)5-11(9)15/h4-5,8H,3,6H2,1-2H3,(H,16,17). The lowest BCUT2D eigenvalue weighted by Crippen LogP contribution is -2.36. The number of alkyl halides is 1. The molecule has 2 nitrogen and oxygen atoms in total. The van der Waals surface area contributed by atoms with Crippen LogP contribution in [0.5, 0.6) is 0 Å². The van der Waals surface area contributed by atoms with Gasteiger partial charge >= 0.3 is 0 Å². The normalized spacial score (nSPS) is 12.3. The largest absolute Gasteiger partial charge is 0.348 e. The zero-order valence-corrected chi connectivity index (χ0v) is 10.4. The molecule has 1 rings (SSSR count). The van der Waals surface area contributed by atoms with Gasteiger partial charge in [0.1, 0.15) is 11.6 Å². The molecule has 1 aromatic rings. The van der Waals surface area contributed by atoms with Crippen molar-refractivity contribution >= 4 is 17.5 Å². The van der Waals surface area contributed by atoms with Crippen LogP contribution in [0.2, 0.25) is 0 Å². The molecule has 0 aliphatic carbocycles. The molecule has 0 aromatic heterocycles. The van der Waals surface area contributed by atoms with Crippen LogP contribution in [0, 0.1) is 18.6 Å². The molecule has 1 N–H and O–H groups in total. The molecular formula is C12H14ClF2NO. The van der Waals surface area contributed by atoms with Gasteiger partial charge in [0, 0.05) is 18.0 Å². The van der Waals surface area contributed by atoms with Gasteiger partial charge in [-0.3, -0.25) is 4.79 Å². The molecule has 1 atom stereocenters. The Bertz CT molecular complexity index is 419. The highest BCUT2D eigenvalue weighted by Crippen LogP contribution is 2.14. The average Bonchev–Trinajstić information content (AvgIpc) is 2.30. The lowest BCUT2D eigenvalue weighted by atomic mass is 10.1. The van der Waals surface area contributed by atoms with E-state index in [0.717, 1.165) is 0 Å². The Kier molecular flexibility index (Phi) is 4.87. The molecule has 94 valence electrons. The first-order valence-corrected chi connectivity index (χ1v) is 5.85. The van der Waals surface area contributed by atoms with Gasteiger partial charge in [-0.05, 0) is 25.0 Å². The summed E-state index contributed by atoms with van der Waals surface area (Å²) >= 11 is 5.63. The minimum Gasteiger partial charge on any atom is -0.348 e. The van der Waals surface area contributed by atoms with Crippen molar-refractivity contribution in [2.75, 3.05) is 5.88 Å². The van der Waals surface area contributed by atoms with Crippen LogP contribution in [-0.2, 0) is 0 Å². The molecule has 0 bridgehead atoms. The zero-order valence-electron chi connectivity index (χ0n) is 9.69. The van der Waals surface area contributed by atoms with E-state index in [1.807, 2.05) is 6.92 Å². The Morgan fingerprint density at radius 1 is 1.41 bits per heavy atom. The lowest BCUT2D eigenvalue weighted by Gasteiger charge is -2.14. The molecule has 0 spiro atoms. The summed E-state index contributed by atoms with van der Waals surface area (Å²) in [5.41, 5.74) is 0.0722. The van der Waals surface area contributed by atoms with E-state index in [1.165, 1.54) is 13.0 Å². The molecule has 0 aliphatic rings. The molecule has 1 amide bonds. The van der Waals surface area contributed by atoms with Crippen molar-refractivity contribution < 1.29 is 13.6 Å². The second-order valence-corrected chi connectivity index (χ2v) is 4.12. The van der Waals surface area contributed by atoms with Gasteiger partial charge in [0.05, 0.1) is 5.56 Å². The average molecular weight is 262 g/mol. The molecule has 1 aromatic carbocycles. The van der Waals surface area contributed by atoms with Gasteiger partial charge in [0.2, 0.25) is 0 Å². The number of carbonyl (C=O) groups excluding carboxylic acids is 1. The van der Waals surface area contributed by atoms with E-state index in [1.54, 1.807) is 0 Å². The molecule has 0 aliphatic heterocycles. The maximum Gasteiger partial charge on any atom is 0.254 e. The Labute approximate surface area is 104 Å². The number of carbonyl (C=O) groups is 1. The first kappa shape index (κ1) is 13.9. The summed E-state index contributed by atoms with van der Waals surface area (Å²) in [6.07, 6.45) is 0.650. The molecular weight excluding hydrogens is 248 g/mol. The van der Waals surface area contributed by atoms with E-state index in [-0.39, 0.29) is 23.0 Å². The van der Waals surface area contributed by atoms with Gasteiger partial charge in [-0.15, -0.1) is 11.6 Å². The Morgan fingerprint density at radius 2 is 2.06 bits per heavy atom. The van der Waals surface area contributed by atoms with Crippen LogP contribution in [-0.4, -0.2) is 17.8 Å². The first-order valence-electron chi connectivity index (χ1n) is 5.32. The predicted octanol–water partition coefficient (Wildman–Crippen LogP) is 3.02. The van der Waals surface area contributed by atoms with Crippen LogP contribution >= 0.6 is 11.6 Å². The second-order valence-electron chi connectivity index (χ2n) is 3.81. The first-order chi connectivity index (χ1) is 7.99. The maximum atomic E-state index is 13.4. The third-order valence-corrected chi connectivity index (χ3v) is 2.88. The summed E-state index contributed by atoms with van der Waals surface area (Å²) in [6, 6.07) is 1.70. The number of nitrogens with one attached hydrogen (secondary N) is 1. The van der Waals surface area contributed by atoms with Crippen LogP contribution in [0.4, 0.5) is 8.78 Å². The van der Waals surface area contributed by atoms with Gasteiger partial charge < -0.3 is 5.32 Å². The Balaban J connectivity index is 2.93. The van der Waals surface area contributed by atoms with Crippen LogP contribution in [0.25, 0.3) is 0 Å². The fraction of sp³-hybridized carbons (Fsp3) is 0.417. The lowest BCUT2D eigenvalue weighted by molar-refractivity contribution is 0.0935. The summed E-state index contributed by atoms with van der Waals surface area (Å²) in [7, 11) is 0. The number of rotatable bonds is 4. The molecule has 17 heavy (non-hydrogen) atoms. The quantitative estimate of drug-likeness (QED) is 0.830. The van der Waals surface area contributed by atoms with Gasteiger partial charge in [-0.2, -0.15) is 0 Å². The summed E-state index contributed by atoms with van der Waals surface area (Å²) in [5, 5.41) is 2.59. The van der Waals surface area contributed by atoms with E-state index in [2.05, 4.69) is 5.32 Å². The molecule has 0 heterocycles. The maximum absolute atomic E-state index is 13.4. The highest BCUT2D eigenvalue weighted by Gasteiger charge is 2.16. The molecule has 5 heteroatoms. The van der Waals surface area contributed by atoms with Crippen LogP contribution in [0.1, 0.15) is 29.3 Å². The minimum absolute atomic E-state index is 0.160. The molecule has 0 saturated heterocycles. The minimum atomic E-state index is -0.866. The van der Waals surface area contributed by atoms with E-state index < -0.39 is 17.5 Å². The fourth-order valence-corrected chi connectivity index (χ4v) is 1.64. The number of aryl methyl sites for hydroxylation is 1. The molecule has 0 radical (unpaired) electrons. The number of hydrogen-bond acceptors (Lipinski definition) is 1. The van der Waals surface area contributed by atoms with Gasteiger partial charge in [-0.25, -0.2) is 8.78 Å². The number of halogens is 3. The Morgan fingerprint density at radius 3 is 2.59 bits per heavy atom. The highest BCUT2D eigenvalue weighted by molar-refractivity contribution is 6.18. The van der Waals surface area contributed by atoms with E-state index in [9.17, 15) is 13.6 Å². The van der Waals surface area contributed by atoms with Gasteiger partial charge in [-0.1, -0.05) is 6.92 Å². The van der Waals surface area contributed by atoms with Crippen molar-refractivity contribution in [1.29, 1.82) is 0 Å². The third-order valence-electron chi connectivity index (χ3n) is 2.51. The molecule has 0 fully saturated rings. The summed E-state index contributed by atoms with van der Waals surface area (Å²) in [6.45, 7) is 3.34. The van der Waals surface area contributed by atoms with Gasteiger partial charge in [0.15, 0.2) is 0 Å². The zero-order chi connectivity index (χ0) is 13.0. The molecule has 0 saturated carbocycles. The van der Waals surface area contributed by atoms with Crippen molar-refractivity contribution in [1.82, 2.24) is 5.32 Å². The third kappa shape index (κ3) is 3.40. The van der Waals surface area contributed by atoms with Crippen LogP contribution in [0.3, 0.4) is 0 Å². The van der Waals surface area contributed by atoms with E-state index in [4.69, 9.17) is 11.6 Å². The number of amides is 1. The van der Waals surface area contributed by atoms with Crippen LogP contribution in [0.15, 0.2) is 12.1 Å². The Hall–Kier alpha value is -1.16. The van der Waals surface area contributed by atoms with E-state index in [0.29, 0.717) is 12.5 Å². The predicted molar refractivity (Wildman–Crippen MR) is 63.4 cm³/mol. The van der Waals surface area contributed by atoms with Crippen LogP contribution < -0.4 is 5.32 Å². The SMILES string of the molecule is CCC(CCl)NC(=O)c1cc(C)c(F)cc1F. The highest BCUT2D eigenvalue weighted by atomic mass is 35.5. The number of benzene rings is 1. The summed E-state index contributed by atoms with van der Waals surface area (Å²) in [5.74, 6) is -1.85. The van der Waals surface area contributed by atoms with E-state index >= 15 is 0 Å². The van der Waals surface area contributed by atoms with Crippen molar-refractivity contribution in [3.8, 4) is 0 Å². The van der Waals surface area contributed by atoms with Crippen molar-refractivity contribution in [2.45, 2.75) is 26.3 Å². The topological polar surface area (TPSA) is 29.1 Å². The summed E-state index contributed by atoms with van der Waals surface area (Å²) in [4.78, 5) is 11.7. The van der Waals surface area contributed by atoms with Gasteiger partial charge in [0.25, 0.3) is 5.91 Å².